The van der Waals surface area contributed by atoms with Crippen molar-refractivity contribution in [1.82, 2.24) is 0 Å². The largest absolute Gasteiger partial charge is 0.462 e. The van der Waals surface area contributed by atoms with Crippen LogP contribution in [0.4, 0.5) is 13.2 Å². The average Bonchev–Trinajstić information content (AvgIpc) is 2.41. The van der Waals surface area contributed by atoms with E-state index in [2.05, 4.69) is 4.74 Å². The fourth-order valence-corrected chi connectivity index (χ4v) is 1.25. The topological polar surface area (TPSA) is 52.6 Å². The highest BCUT2D eigenvalue weighted by Gasteiger charge is 2.29. The molecule has 0 atom stereocenters. The van der Waals surface area contributed by atoms with Gasteiger partial charge in [-0.3, -0.25) is 0 Å². The molecule has 0 amide bonds. The normalized spacial score (nSPS) is 11.0. The Labute approximate surface area is 113 Å². The number of ether oxygens (including phenoxy) is 2. The molecule has 7 heteroatoms. The summed E-state index contributed by atoms with van der Waals surface area (Å²) in [6, 6.07) is 5.01. The summed E-state index contributed by atoms with van der Waals surface area (Å²) in [5.41, 5.74) is 0.145. The summed E-state index contributed by atoms with van der Waals surface area (Å²) in [6.45, 7) is 0.466. The maximum absolute atomic E-state index is 11.9. The Morgan fingerprint density at radius 2 is 1.45 bits per heavy atom. The number of alkyl halides is 3. The zero-order chi connectivity index (χ0) is 15.2. The van der Waals surface area contributed by atoms with Gasteiger partial charge < -0.3 is 9.47 Å². The van der Waals surface area contributed by atoms with Crippen LogP contribution < -0.4 is 0 Å². The van der Waals surface area contributed by atoms with Gasteiger partial charge in [0.2, 0.25) is 0 Å². The number of benzene rings is 1. The summed E-state index contributed by atoms with van der Waals surface area (Å²) in [6.07, 6.45) is -3.90. The summed E-state index contributed by atoms with van der Waals surface area (Å²) in [5, 5.41) is 0. The molecule has 110 valence electrons. The lowest BCUT2D eigenvalue weighted by Crippen LogP contribution is -2.20. The van der Waals surface area contributed by atoms with E-state index in [1.807, 2.05) is 6.92 Å². The van der Waals surface area contributed by atoms with Gasteiger partial charge in [-0.2, -0.15) is 13.2 Å². The minimum absolute atomic E-state index is 0.0682. The number of hydrogen-bond donors (Lipinski definition) is 0. The van der Waals surface area contributed by atoms with Crippen LogP contribution in [-0.2, 0) is 9.47 Å². The third-order valence-electron chi connectivity index (χ3n) is 2.16. The highest BCUT2D eigenvalue weighted by Crippen LogP contribution is 2.16. The van der Waals surface area contributed by atoms with Crippen molar-refractivity contribution in [2.24, 2.45) is 0 Å². The molecule has 0 saturated heterocycles. The highest BCUT2D eigenvalue weighted by molar-refractivity contribution is 5.93. The van der Waals surface area contributed by atoms with Crippen LogP contribution in [0.3, 0.4) is 0 Å². The van der Waals surface area contributed by atoms with E-state index in [0.29, 0.717) is 6.42 Å². The Kier molecular flexibility index (Phi) is 5.54. The molecule has 0 unspecified atom stereocenters. The minimum Gasteiger partial charge on any atom is -0.462 e. The standard InChI is InChI=1S/C13H13F3O4/c1-2-7-19-11(17)9-3-5-10(6-4-9)12(18)20-8-13(14,15)16/h3-6H,2,7-8H2,1H3. The lowest BCUT2D eigenvalue weighted by molar-refractivity contribution is -0.161. The van der Waals surface area contributed by atoms with Crippen molar-refractivity contribution in [2.45, 2.75) is 19.5 Å². The molecule has 0 aliphatic rings. The van der Waals surface area contributed by atoms with Crippen LogP contribution in [0.25, 0.3) is 0 Å². The van der Waals surface area contributed by atoms with Crippen LogP contribution in [0.1, 0.15) is 34.1 Å². The van der Waals surface area contributed by atoms with Crippen molar-refractivity contribution in [1.29, 1.82) is 0 Å². The zero-order valence-corrected chi connectivity index (χ0v) is 10.7. The van der Waals surface area contributed by atoms with E-state index in [0.717, 1.165) is 0 Å². The Morgan fingerprint density at radius 1 is 1.00 bits per heavy atom. The van der Waals surface area contributed by atoms with E-state index in [1.54, 1.807) is 0 Å². The SMILES string of the molecule is CCCOC(=O)c1ccc(C(=O)OCC(F)(F)F)cc1. The van der Waals surface area contributed by atoms with Gasteiger partial charge >= 0.3 is 18.1 Å². The van der Waals surface area contributed by atoms with Crippen LogP contribution in [0.2, 0.25) is 0 Å². The summed E-state index contributed by atoms with van der Waals surface area (Å²) >= 11 is 0. The molecular weight excluding hydrogens is 277 g/mol. The first-order valence-electron chi connectivity index (χ1n) is 5.84. The Morgan fingerprint density at radius 3 is 1.85 bits per heavy atom. The summed E-state index contributed by atoms with van der Waals surface area (Å²) in [5.74, 6) is -1.65. The molecule has 0 radical (unpaired) electrons. The van der Waals surface area contributed by atoms with Crippen LogP contribution >= 0.6 is 0 Å². The second-order valence-corrected chi connectivity index (χ2v) is 3.90. The highest BCUT2D eigenvalue weighted by atomic mass is 19.4. The average molecular weight is 290 g/mol. The maximum atomic E-state index is 11.9. The molecule has 0 bridgehead atoms. The minimum atomic E-state index is -4.57. The molecular formula is C13H13F3O4. The molecule has 0 N–H and O–H groups in total. The molecule has 0 aromatic heterocycles. The van der Waals surface area contributed by atoms with Gasteiger partial charge in [-0.05, 0) is 30.7 Å². The predicted molar refractivity (Wildman–Crippen MR) is 63.4 cm³/mol. The van der Waals surface area contributed by atoms with Gasteiger partial charge in [-0.1, -0.05) is 6.92 Å². The molecule has 1 aromatic carbocycles. The van der Waals surface area contributed by atoms with E-state index >= 15 is 0 Å². The molecule has 20 heavy (non-hydrogen) atoms. The lowest BCUT2D eigenvalue weighted by atomic mass is 10.1. The Balaban J connectivity index is 2.62. The summed E-state index contributed by atoms with van der Waals surface area (Å²) in [7, 11) is 0. The monoisotopic (exact) mass is 290 g/mol. The fraction of sp³-hybridized carbons (Fsp3) is 0.385. The third kappa shape index (κ3) is 5.29. The molecule has 0 saturated carbocycles. The van der Waals surface area contributed by atoms with Gasteiger partial charge in [0.1, 0.15) is 0 Å². The van der Waals surface area contributed by atoms with Gasteiger partial charge in [0, 0.05) is 0 Å². The van der Waals surface area contributed by atoms with Crippen molar-refractivity contribution in [3.63, 3.8) is 0 Å². The fourth-order valence-electron chi connectivity index (χ4n) is 1.25. The van der Waals surface area contributed by atoms with Gasteiger partial charge in [0.25, 0.3) is 0 Å². The van der Waals surface area contributed by atoms with E-state index in [9.17, 15) is 22.8 Å². The van der Waals surface area contributed by atoms with Crippen molar-refractivity contribution in [2.75, 3.05) is 13.2 Å². The van der Waals surface area contributed by atoms with Crippen LogP contribution in [0.5, 0.6) is 0 Å². The molecule has 0 fully saturated rings. The smallest absolute Gasteiger partial charge is 0.422 e. The summed E-state index contributed by atoms with van der Waals surface area (Å²) < 4.78 is 44.6. The number of hydrogen-bond acceptors (Lipinski definition) is 4. The molecule has 0 aliphatic carbocycles. The first-order valence-corrected chi connectivity index (χ1v) is 5.84. The van der Waals surface area contributed by atoms with Crippen LogP contribution in [0.15, 0.2) is 24.3 Å². The van der Waals surface area contributed by atoms with Crippen molar-refractivity contribution >= 4 is 11.9 Å². The predicted octanol–water partition coefficient (Wildman–Crippen LogP) is 2.97. The summed E-state index contributed by atoms with van der Waals surface area (Å²) in [4.78, 5) is 22.8. The Bertz CT molecular complexity index is 465. The molecule has 0 heterocycles. The molecule has 4 nitrogen and oxygen atoms in total. The van der Waals surface area contributed by atoms with E-state index < -0.39 is 24.7 Å². The van der Waals surface area contributed by atoms with Gasteiger partial charge in [-0.15, -0.1) is 0 Å². The maximum Gasteiger partial charge on any atom is 0.422 e. The number of rotatable bonds is 5. The van der Waals surface area contributed by atoms with Gasteiger partial charge in [0.15, 0.2) is 6.61 Å². The first-order chi connectivity index (χ1) is 9.33. The number of carbonyl (C=O) groups is 2. The second-order valence-electron chi connectivity index (χ2n) is 3.90. The van der Waals surface area contributed by atoms with Gasteiger partial charge in [-0.25, -0.2) is 9.59 Å². The van der Waals surface area contributed by atoms with Crippen LogP contribution in [-0.4, -0.2) is 31.3 Å². The van der Waals surface area contributed by atoms with E-state index in [4.69, 9.17) is 4.74 Å². The molecule has 0 aliphatic heterocycles. The lowest BCUT2D eigenvalue weighted by Gasteiger charge is -2.08. The quantitative estimate of drug-likeness (QED) is 0.782. The van der Waals surface area contributed by atoms with Crippen molar-refractivity contribution < 1.29 is 32.2 Å². The first kappa shape index (κ1) is 16.0. The zero-order valence-electron chi connectivity index (χ0n) is 10.7. The second kappa shape index (κ2) is 6.93. The van der Waals surface area contributed by atoms with Crippen LogP contribution in [0, 0.1) is 0 Å². The third-order valence-corrected chi connectivity index (χ3v) is 2.16. The molecule has 1 aromatic rings. The van der Waals surface area contributed by atoms with E-state index in [1.165, 1.54) is 24.3 Å². The molecule has 1 rings (SSSR count). The van der Waals surface area contributed by atoms with Crippen molar-refractivity contribution in [3.05, 3.63) is 35.4 Å². The Hall–Kier alpha value is -2.05. The number of carbonyl (C=O) groups excluding carboxylic acids is 2. The van der Waals surface area contributed by atoms with E-state index in [-0.39, 0.29) is 17.7 Å². The number of halogens is 3. The molecule has 0 spiro atoms. The number of esters is 2. The van der Waals surface area contributed by atoms with Gasteiger partial charge in [0.05, 0.1) is 17.7 Å². The van der Waals surface area contributed by atoms with Crippen molar-refractivity contribution in [3.8, 4) is 0 Å².